The van der Waals surface area contributed by atoms with E-state index < -0.39 is 0 Å². The molecule has 0 unspecified atom stereocenters. The van der Waals surface area contributed by atoms with Gasteiger partial charge in [0.05, 0.1) is 12.8 Å². The Bertz CT molecular complexity index is 303. The van der Waals surface area contributed by atoms with Crippen LogP contribution >= 0.6 is 0 Å². The molecule has 0 bridgehead atoms. The monoisotopic (exact) mass is 210 g/mol. The van der Waals surface area contributed by atoms with E-state index in [4.69, 9.17) is 4.74 Å². The standard InChI is InChI=1S/C10H16N2O.C2H6/c1-7-6-8(10(2,3)4)11-12-9(7)13-5;1-2/h6H,1-5H3;1-2H3. The summed E-state index contributed by atoms with van der Waals surface area (Å²) in [6, 6.07) is 2.02. The van der Waals surface area contributed by atoms with Crippen LogP contribution in [-0.2, 0) is 5.41 Å². The molecular weight excluding hydrogens is 188 g/mol. The van der Waals surface area contributed by atoms with E-state index in [2.05, 4.69) is 31.0 Å². The van der Waals surface area contributed by atoms with Gasteiger partial charge in [0.2, 0.25) is 5.88 Å². The molecule has 1 heterocycles. The molecule has 0 aliphatic heterocycles. The molecule has 86 valence electrons. The molecule has 0 saturated heterocycles. The fraction of sp³-hybridized carbons (Fsp3) is 0.667. The van der Waals surface area contributed by atoms with Crippen LogP contribution in [0.4, 0.5) is 0 Å². The molecule has 3 heteroatoms. The van der Waals surface area contributed by atoms with E-state index in [0.29, 0.717) is 5.88 Å². The van der Waals surface area contributed by atoms with Crippen molar-refractivity contribution in [1.82, 2.24) is 10.2 Å². The summed E-state index contributed by atoms with van der Waals surface area (Å²) in [6.07, 6.45) is 0. The highest BCUT2D eigenvalue weighted by atomic mass is 16.5. The summed E-state index contributed by atoms with van der Waals surface area (Å²) in [4.78, 5) is 0. The first-order chi connectivity index (χ1) is 6.95. The number of aryl methyl sites for hydroxylation is 1. The summed E-state index contributed by atoms with van der Waals surface area (Å²) < 4.78 is 5.04. The minimum atomic E-state index is 0.0457. The third kappa shape index (κ3) is 3.86. The van der Waals surface area contributed by atoms with E-state index in [1.54, 1.807) is 7.11 Å². The summed E-state index contributed by atoms with van der Waals surface area (Å²) in [6.45, 7) is 12.3. The third-order valence-electron chi connectivity index (χ3n) is 1.90. The first-order valence-electron chi connectivity index (χ1n) is 5.34. The number of aromatic nitrogens is 2. The van der Waals surface area contributed by atoms with E-state index in [1.165, 1.54) is 0 Å². The van der Waals surface area contributed by atoms with Crippen molar-refractivity contribution < 1.29 is 4.74 Å². The van der Waals surface area contributed by atoms with Crippen LogP contribution in [0.25, 0.3) is 0 Å². The van der Waals surface area contributed by atoms with Gasteiger partial charge in [0.1, 0.15) is 0 Å². The number of ether oxygens (including phenoxy) is 1. The maximum Gasteiger partial charge on any atom is 0.236 e. The van der Waals surface area contributed by atoms with Gasteiger partial charge in [0.25, 0.3) is 0 Å². The van der Waals surface area contributed by atoms with Gasteiger partial charge < -0.3 is 4.74 Å². The van der Waals surface area contributed by atoms with Crippen LogP contribution < -0.4 is 4.74 Å². The van der Waals surface area contributed by atoms with Crippen molar-refractivity contribution >= 4 is 0 Å². The minimum Gasteiger partial charge on any atom is -0.480 e. The summed E-state index contributed by atoms with van der Waals surface area (Å²) in [7, 11) is 1.60. The Morgan fingerprint density at radius 2 is 1.67 bits per heavy atom. The second-order valence-electron chi connectivity index (χ2n) is 4.17. The Kier molecular flexibility index (Phi) is 5.26. The lowest BCUT2D eigenvalue weighted by molar-refractivity contribution is 0.385. The van der Waals surface area contributed by atoms with Gasteiger partial charge in [-0.25, -0.2) is 0 Å². The normalized spacial score (nSPS) is 10.3. The van der Waals surface area contributed by atoms with Gasteiger partial charge in [-0.15, -0.1) is 5.10 Å². The zero-order valence-electron chi connectivity index (χ0n) is 10.9. The summed E-state index contributed by atoms with van der Waals surface area (Å²) in [5.74, 6) is 0.605. The smallest absolute Gasteiger partial charge is 0.236 e. The Balaban J connectivity index is 0.000000921. The van der Waals surface area contributed by atoms with Crippen molar-refractivity contribution in [3.63, 3.8) is 0 Å². The molecule has 0 aliphatic carbocycles. The molecule has 0 amide bonds. The number of nitrogens with zero attached hydrogens (tertiary/aromatic N) is 2. The van der Waals surface area contributed by atoms with Gasteiger partial charge in [0.15, 0.2) is 0 Å². The van der Waals surface area contributed by atoms with E-state index in [1.807, 2.05) is 26.8 Å². The summed E-state index contributed by atoms with van der Waals surface area (Å²) in [5.41, 5.74) is 2.07. The average molecular weight is 210 g/mol. The highest BCUT2D eigenvalue weighted by molar-refractivity contribution is 5.27. The van der Waals surface area contributed by atoms with Crippen molar-refractivity contribution in [2.24, 2.45) is 0 Å². The van der Waals surface area contributed by atoms with Crippen LogP contribution in [0.15, 0.2) is 6.07 Å². The summed E-state index contributed by atoms with van der Waals surface area (Å²) >= 11 is 0. The van der Waals surface area contributed by atoms with Crippen LogP contribution in [0.2, 0.25) is 0 Å². The van der Waals surface area contributed by atoms with Crippen LogP contribution in [0.1, 0.15) is 45.9 Å². The van der Waals surface area contributed by atoms with E-state index >= 15 is 0 Å². The molecule has 0 N–H and O–H groups in total. The van der Waals surface area contributed by atoms with E-state index in [0.717, 1.165) is 11.3 Å². The first-order valence-corrected chi connectivity index (χ1v) is 5.34. The minimum absolute atomic E-state index is 0.0457. The Labute approximate surface area is 92.9 Å². The van der Waals surface area contributed by atoms with Crippen LogP contribution in [0.5, 0.6) is 5.88 Å². The Morgan fingerprint density at radius 1 is 1.13 bits per heavy atom. The van der Waals surface area contributed by atoms with E-state index in [9.17, 15) is 0 Å². The second kappa shape index (κ2) is 5.69. The fourth-order valence-corrected chi connectivity index (χ4v) is 1.04. The number of hydrogen-bond acceptors (Lipinski definition) is 3. The molecule has 0 aliphatic rings. The molecule has 0 saturated carbocycles. The number of rotatable bonds is 1. The van der Waals surface area contributed by atoms with Crippen molar-refractivity contribution in [1.29, 1.82) is 0 Å². The van der Waals surface area contributed by atoms with Gasteiger partial charge in [-0.3, -0.25) is 0 Å². The average Bonchev–Trinajstić information content (AvgIpc) is 2.19. The maximum atomic E-state index is 5.04. The Morgan fingerprint density at radius 3 is 2.00 bits per heavy atom. The van der Waals surface area contributed by atoms with Crippen molar-refractivity contribution in [3.05, 3.63) is 17.3 Å². The highest BCUT2D eigenvalue weighted by Crippen LogP contribution is 2.22. The second-order valence-corrected chi connectivity index (χ2v) is 4.17. The van der Waals surface area contributed by atoms with Gasteiger partial charge in [0, 0.05) is 11.0 Å². The fourth-order valence-electron chi connectivity index (χ4n) is 1.04. The molecule has 1 aromatic rings. The third-order valence-corrected chi connectivity index (χ3v) is 1.90. The molecule has 0 spiro atoms. The lowest BCUT2D eigenvalue weighted by Gasteiger charge is -2.17. The SMILES string of the molecule is CC.COc1nnc(C(C)(C)C)cc1C. The number of hydrogen-bond donors (Lipinski definition) is 0. The van der Waals surface area contributed by atoms with Crippen molar-refractivity contribution in [2.75, 3.05) is 7.11 Å². The topological polar surface area (TPSA) is 35.0 Å². The molecule has 1 rings (SSSR count). The predicted molar refractivity (Wildman–Crippen MR) is 63.4 cm³/mol. The zero-order valence-corrected chi connectivity index (χ0v) is 10.9. The van der Waals surface area contributed by atoms with Gasteiger partial charge in [-0.2, -0.15) is 5.10 Å². The molecule has 3 nitrogen and oxygen atoms in total. The lowest BCUT2D eigenvalue weighted by Crippen LogP contribution is -2.15. The first kappa shape index (κ1) is 13.9. The molecule has 0 atom stereocenters. The maximum absolute atomic E-state index is 5.04. The highest BCUT2D eigenvalue weighted by Gasteiger charge is 2.17. The van der Waals surface area contributed by atoms with Gasteiger partial charge in [-0.1, -0.05) is 34.6 Å². The number of methoxy groups -OCH3 is 1. The Hall–Kier alpha value is -1.12. The van der Waals surface area contributed by atoms with Gasteiger partial charge >= 0.3 is 0 Å². The van der Waals surface area contributed by atoms with Gasteiger partial charge in [-0.05, 0) is 13.0 Å². The summed E-state index contributed by atoms with van der Waals surface area (Å²) in [5, 5.41) is 8.10. The van der Waals surface area contributed by atoms with Crippen molar-refractivity contribution in [2.45, 2.75) is 47.0 Å². The molecule has 15 heavy (non-hydrogen) atoms. The molecular formula is C12H22N2O. The van der Waals surface area contributed by atoms with Crippen LogP contribution in [-0.4, -0.2) is 17.3 Å². The lowest BCUT2D eigenvalue weighted by atomic mass is 9.91. The van der Waals surface area contributed by atoms with Crippen molar-refractivity contribution in [3.8, 4) is 5.88 Å². The molecule has 0 radical (unpaired) electrons. The predicted octanol–water partition coefficient (Wildman–Crippen LogP) is 3.12. The molecule has 0 aromatic carbocycles. The molecule has 1 aromatic heterocycles. The van der Waals surface area contributed by atoms with Crippen LogP contribution in [0, 0.1) is 6.92 Å². The zero-order chi connectivity index (χ0) is 12.1. The van der Waals surface area contributed by atoms with E-state index in [-0.39, 0.29) is 5.41 Å². The quantitative estimate of drug-likeness (QED) is 0.714. The largest absolute Gasteiger partial charge is 0.480 e. The van der Waals surface area contributed by atoms with Crippen LogP contribution in [0.3, 0.4) is 0 Å². The molecule has 0 fully saturated rings.